The normalized spacial score (nSPS) is 12.2. The SMILES string of the molecule is CNC(Cc1nc(C)c(C)s1)c1c(OC)cccc1OC. The molecule has 1 unspecified atom stereocenters. The zero-order chi connectivity index (χ0) is 15.4. The number of likely N-dealkylation sites (N-methyl/N-ethyl adjacent to an activating group) is 1. The highest BCUT2D eigenvalue weighted by Gasteiger charge is 2.21. The first-order chi connectivity index (χ1) is 10.1. The Kier molecular flexibility index (Phi) is 5.20. The molecule has 0 radical (unpaired) electrons. The van der Waals surface area contributed by atoms with Gasteiger partial charge in [0.05, 0.1) is 30.5 Å². The van der Waals surface area contributed by atoms with Crippen molar-refractivity contribution in [2.24, 2.45) is 0 Å². The van der Waals surface area contributed by atoms with Gasteiger partial charge in [-0.25, -0.2) is 4.98 Å². The number of thiazole rings is 1. The van der Waals surface area contributed by atoms with Crippen LogP contribution in [0.3, 0.4) is 0 Å². The molecule has 1 N–H and O–H groups in total. The molecule has 0 fully saturated rings. The summed E-state index contributed by atoms with van der Waals surface area (Å²) in [4.78, 5) is 5.90. The molecular formula is C16H22N2O2S. The van der Waals surface area contributed by atoms with E-state index in [0.717, 1.165) is 34.2 Å². The number of aromatic nitrogens is 1. The first-order valence-corrected chi connectivity index (χ1v) is 7.73. The number of hydrogen-bond donors (Lipinski definition) is 1. The van der Waals surface area contributed by atoms with Crippen molar-refractivity contribution < 1.29 is 9.47 Å². The summed E-state index contributed by atoms with van der Waals surface area (Å²) in [6.07, 6.45) is 0.812. The molecule has 0 amide bonds. The number of rotatable bonds is 6. The number of methoxy groups -OCH3 is 2. The quantitative estimate of drug-likeness (QED) is 0.889. The summed E-state index contributed by atoms with van der Waals surface area (Å²) < 4.78 is 11.0. The van der Waals surface area contributed by atoms with Crippen LogP contribution in [0.4, 0.5) is 0 Å². The van der Waals surface area contributed by atoms with Crippen molar-refractivity contribution in [2.45, 2.75) is 26.3 Å². The molecule has 0 bridgehead atoms. The highest BCUT2D eigenvalue weighted by Crippen LogP contribution is 2.36. The Bertz CT molecular complexity index is 569. The summed E-state index contributed by atoms with van der Waals surface area (Å²) >= 11 is 1.75. The number of nitrogens with zero attached hydrogens (tertiary/aromatic N) is 1. The molecule has 0 saturated heterocycles. The first kappa shape index (κ1) is 15.8. The minimum atomic E-state index is 0.0982. The van der Waals surface area contributed by atoms with Crippen LogP contribution >= 0.6 is 11.3 Å². The summed E-state index contributed by atoms with van der Waals surface area (Å²) in [5, 5.41) is 4.47. The van der Waals surface area contributed by atoms with Crippen molar-refractivity contribution in [3.63, 3.8) is 0 Å². The summed E-state index contributed by atoms with van der Waals surface area (Å²) in [6.45, 7) is 4.15. The van der Waals surface area contributed by atoms with Gasteiger partial charge in [-0.05, 0) is 33.0 Å². The van der Waals surface area contributed by atoms with Crippen molar-refractivity contribution in [3.05, 3.63) is 39.3 Å². The van der Waals surface area contributed by atoms with Gasteiger partial charge in [0.1, 0.15) is 11.5 Å². The molecule has 0 aliphatic carbocycles. The lowest BCUT2D eigenvalue weighted by molar-refractivity contribution is 0.373. The van der Waals surface area contributed by atoms with Gasteiger partial charge in [-0.15, -0.1) is 11.3 Å². The average molecular weight is 306 g/mol. The van der Waals surface area contributed by atoms with Crippen LogP contribution in [0.1, 0.15) is 27.2 Å². The van der Waals surface area contributed by atoms with E-state index in [-0.39, 0.29) is 6.04 Å². The molecule has 0 aliphatic heterocycles. The van der Waals surface area contributed by atoms with Crippen molar-refractivity contribution in [2.75, 3.05) is 21.3 Å². The van der Waals surface area contributed by atoms with Gasteiger partial charge in [-0.1, -0.05) is 6.07 Å². The lowest BCUT2D eigenvalue weighted by Crippen LogP contribution is -2.20. The van der Waals surface area contributed by atoms with Gasteiger partial charge >= 0.3 is 0 Å². The third-order valence-electron chi connectivity index (χ3n) is 3.61. The molecule has 0 aliphatic rings. The van der Waals surface area contributed by atoms with Crippen LogP contribution in [0.2, 0.25) is 0 Å². The molecule has 1 aromatic heterocycles. The standard InChI is InChI=1S/C16H22N2O2S/c1-10-11(2)21-15(18-10)9-12(17-3)16-13(19-4)7-6-8-14(16)20-5/h6-8,12,17H,9H2,1-5H3. The van der Waals surface area contributed by atoms with Gasteiger partial charge in [0, 0.05) is 17.3 Å². The Morgan fingerprint density at radius 2 is 1.81 bits per heavy atom. The van der Waals surface area contributed by atoms with E-state index >= 15 is 0 Å². The molecule has 21 heavy (non-hydrogen) atoms. The molecule has 5 heteroatoms. The molecule has 1 heterocycles. The van der Waals surface area contributed by atoms with Crippen LogP contribution in [-0.4, -0.2) is 26.3 Å². The molecule has 0 saturated carbocycles. The smallest absolute Gasteiger partial charge is 0.127 e. The van der Waals surface area contributed by atoms with E-state index in [1.807, 2.05) is 32.2 Å². The molecule has 2 rings (SSSR count). The van der Waals surface area contributed by atoms with Crippen LogP contribution in [0, 0.1) is 13.8 Å². The van der Waals surface area contributed by atoms with Gasteiger partial charge in [-0.2, -0.15) is 0 Å². The zero-order valence-corrected chi connectivity index (χ0v) is 14.0. The molecule has 1 atom stereocenters. The van der Waals surface area contributed by atoms with Crippen LogP contribution in [0.15, 0.2) is 18.2 Å². The molecule has 1 aromatic carbocycles. The van der Waals surface area contributed by atoms with Crippen molar-refractivity contribution in [3.8, 4) is 11.5 Å². The Morgan fingerprint density at radius 1 is 1.19 bits per heavy atom. The van der Waals surface area contributed by atoms with E-state index in [4.69, 9.17) is 9.47 Å². The fourth-order valence-corrected chi connectivity index (χ4v) is 3.35. The van der Waals surface area contributed by atoms with E-state index in [9.17, 15) is 0 Å². The second-order valence-corrected chi connectivity index (χ2v) is 6.16. The highest BCUT2D eigenvalue weighted by atomic mass is 32.1. The maximum absolute atomic E-state index is 5.50. The lowest BCUT2D eigenvalue weighted by Gasteiger charge is -2.21. The first-order valence-electron chi connectivity index (χ1n) is 6.91. The Labute approximate surface area is 130 Å². The second kappa shape index (κ2) is 6.91. The minimum absolute atomic E-state index is 0.0982. The minimum Gasteiger partial charge on any atom is -0.496 e. The van der Waals surface area contributed by atoms with Crippen molar-refractivity contribution in [1.29, 1.82) is 0 Å². The Hall–Kier alpha value is -1.59. The second-order valence-electron chi connectivity index (χ2n) is 4.87. The Morgan fingerprint density at radius 3 is 2.24 bits per heavy atom. The summed E-state index contributed by atoms with van der Waals surface area (Å²) in [5.74, 6) is 1.66. The molecular weight excluding hydrogens is 284 g/mol. The summed E-state index contributed by atoms with van der Waals surface area (Å²) in [6, 6.07) is 5.95. The van der Waals surface area contributed by atoms with Crippen LogP contribution in [0.25, 0.3) is 0 Å². The summed E-state index contributed by atoms with van der Waals surface area (Å²) in [7, 11) is 5.31. The van der Waals surface area contributed by atoms with Crippen molar-refractivity contribution in [1.82, 2.24) is 10.3 Å². The van der Waals surface area contributed by atoms with Crippen LogP contribution < -0.4 is 14.8 Å². The zero-order valence-electron chi connectivity index (χ0n) is 13.2. The highest BCUT2D eigenvalue weighted by molar-refractivity contribution is 7.11. The predicted octanol–water partition coefficient (Wildman–Crippen LogP) is 3.28. The van der Waals surface area contributed by atoms with Gasteiger partial charge in [0.25, 0.3) is 0 Å². The lowest BCUT2D eigenvalue weighted by atomic mass is 10.0. The molecule has 4 nitrogen and oxygen atoms in total. The molecule has 2 aromatic rings. The van der Waals surface area contributed by atoms with E-state index in [1.165, 1.54) is 4.88 Å². The molecule has 114 valence electrons. The maximum atomic E-state index is 5.50. The van der Waals surface area contributed by atoms with Crippen LogP contribution in [-0.2, 0) is 6.42 Å². The van der Waals surface area contributed by atoms with Gasteiger partial charge in [-0.3, -0.25) is 0 Å². The summed E-state index contributed by atoms with van der Waals surface area (Å²) in [5.41, 5.74) is 2.15. The van der Waals surface area contributed by atoms with E-state index < -0.39 is 0 Å². The van der Waals surface area contributed by atoms with E-state index in [0.29, 0.717) is 0 Å². The maximum Gasteiger partial charge on any atom is 0.127 e. The van der Waals surface area contributed by atoms with Gasteiger partial charge in [0.2, 0.25) is 0 Å². The average Bonchev–Trinajstić information content (AvgIpc) is 2.82. The monoisotopic (exact) mass is 306 g/mol. The molecule has 0 spiro atoms. The van der Waals surface area contributed by atoms with E-state index in [1.54, 1.807) is 25.6 Å². The number of hydrogen-bond acceptors (Lipinski definition) is 5. The number of nitrogens with one attached hydrogen (secondary N) is 1. The number of aryl methyl sites for hydroxylation is 2. The fourth-order valence-electron chi connectivity index (χ4n) is 2.37. The van der Waals surface area contributed by atoms with Gasteiger partial charge < -0.3 is 14.8 Å². The number of ether oxygens (including phenoxy) is 2. The van der Waals surface area contributed by atoms with Crippen LogP contribution in [0.5, 0.6) is 11.5 Å². The predicted molar refractivity (Wildman–Crippen MR) is 86.6 cm³/mol. The Balaban J connectivity index is 2.36. The van der Waals surface area contributed by atoms with Gasteiger partial charge in [0.15, 0.2) is 0 Å². The van der Waals surface area contributed by atoms with Crippen molar-refractivity contribution >= 4 is 11.3 Å². The van der Waals surface area contributed by atoms with E-state index in [2.05, 4.69) is 17.2 Å². The largest absolute Gasteiger partial charge is 0.496 e. The number of benzene rings is 1. The third-order valence-corrected chi connectivity index (χ3v) is 4.71. The topological polar surface area (TPSA) is 43.4 Å². The third kappa shape index (κ3) is 3.36. The fraction of sp³-hybridized carbons (Fsp3) is 0.438.